The monoisotopic (exact) mass is 256 g/mol. The van der Waals surface area contributed by atoms with Crippen LogP contribution in [0.5, 0.6) is 0 Å². The Morgan fingerprint density at radius 3 is 2.41 bits per heavy atom. The van der Waals surface area contributed by atoms with Crippen molar-refractivity contribution in [1.29, 1.82) is 0 Å². The van der Waals surface area contributed by atoms with Gasteiger partial charge in [-0.1, -0.05) is 19.9 Å². The second kappa shape index (κ2) is 4.96. The van der Waals surface area contributed by atoms with Crippen molar-refractivity contribution in [3.8, 4) is 0 Å². The van der Waals surface area contributed by atoms with E-state index in [1.54, 1.807) is 6.07 Å². The Kier molecular flexibility index (Phi) is 4.03. The van der Waals surface area contributed by atoms with Gasteiger partial charge >= 0.3 is 0 Å². The summed E-state index contributed by atoms with van der Waals surface area (Å²) in [5.41, 5.74) is 7.02. The molecule has 1 rings (SSSR count). The van der Waals surface area contributed by atoms with Crippen LogP contribution in [0.1, 0.15) is 13.8 Å². The van der Waals surface area contributed by atoms with Crippen molar-refractivity contribution in [2.45, 2.75) is 18.7 Å². The first-order valence-corrected chi connectivity index (χ1v) is 7.42. The minimum Gasteiger partial charge on any atom is -0.396 e. The largest absolute Gasteiger partial charge is 0.396 e. The number of hydrogen-bond acceptors (Lipinski definition) is 4. The van der Waals surface area contributed by atoms with E-state index in [9.17, 15) is 8.42 Å². The molecule has 0 heterocycles. The summed E-state index contributed by atoms with van der Waals surface area (Å²) in [6.07, 6.45) is 1.17. The zero-order chi connectivity index (χ0) is 13.2. The maximum absolute atomic E-state index is 11.6. The first kappa shape index (κ1) is 13.8. The third kappa shape index (κ3) is 3.36. The molecular weight excluding hydrogens is 236 g/mol. The lowest BCUT2D eigenvalue weighted by molar-refractivity contribution is 0.602. The summed E-state index contributed by atoms with van der Waals surface area (Å²) in [6, 6.07) is 5.10. The highest BCUT2D eigenvalue weighted by molar-refractivity contribution is 7.90. The fourth-order valence-corrected chi connectivity index (χ4v) is 2.66. The minimum absolute atomic E-state index is 0.200. The van der Waals surface area contributed by atoms with Crippen LogP contribution in [0.2, 0.25) is 0 Å². The van der Waals surface area contributed by atoms with Crippen molar-refractivity contribution in [2.24, 2.45) is 5.92 Å². The van der Waals surface area contributed by atoms with Crippen LogP contribution in [0.25, 0.3) is 0 Å². The van der Waals surface area contributed by atoms with Crippen LogP contribution >= 0.6 is 0 Å². The number of nitrogen functional groups attached to an aromatic ring is 1. The molecule has 0 spiro atoms. The van der Waals surface area contributed by atoms with Crippen LogP contribution in [-0.4, -0.2) is 28.3 Å². The van der Waals surface area contributed by atoms with Gasteiger partial charge in [-0.15, -0.1) is 0 Å². The van der Waals surface area contributed by atoms with E-state index in [0.717, 1.165) is 12.2 Å². The SMILES string of the molecule is CC(C)CN(C)c1cccc(S(C)(=O)=O)c1N. The molecule has 0 saturated heterocycles. The van der Waals surface area contributed by atoms with Crippen LogP contribution < -0.4 is 10.6 Å². The van der Waals surface area contributed by atoms with E-state index in [0.29, 0.717) is 11.6 Å². The van der Waals surface area contributed by atoms with E-state index in [2.05, 4.69) is 13.8 Å². The molecule has 5 heteroatoms. The molecule has 0 aromatic heterocycles. The first-order chi connectivity index (χ1) is 7.73. The molecule has 17 heavy (non-hydrogen) atoms. The highest BCUT2D eigenvalue weighted by Gasteiger charge is 2.16. The number of anilines is 2. The highest BCUT2D eigenvalue weighted by atomic mass is 32.2. The predicted molar refractivity (Wildman–Crippen MR) is 72.1 cm³/mol. The molecule has 2 N–H and O–H groups in total. The van der Waals surface area contributed by atoms with Crippen molar-refractivity contribution in [3.63, 3.8) is 0 Å². The molecule has 0 fully saturated rings. The quantitative estimate of drug-likeness (QED) is 0.834. The number of rotatable bonds is 4. The van der Waals surface area contributed by atoms with Gasteiger partial charge in [0.05, 0.1) is 16.3 Å². The smallest absolute Gasteiger partial charge is 0.177 e. The van der Waals surface area contributed by atoms with Crippen LogP contribution in [0.4, 0.5) is 11.4 Å². The summed E-state index contributed by atoms with van der Waals surface area (Å²) in [5.74, 6) is 0.487. The molecular formula is C12H20N2O2S. The summed E-state index contributed by atoms with van der Waals surface area (Å²) in [6.45, 7) is 5.04. The number of nitrogens with zero attached hydrogens (tertiary/aromatic N) is 1. The lowest BCUT2D eigenvalue weighted by atomic mass is 10.2. The fraction of sp³-hybridized carbons (Fsp3) is 0.500. The zero-order valence-corrected chi connectivity index (χ0v) is 11.6. The van der Waals surface area contributed by atoms with Crippen molar-refractivity contribution < 1.29 is 8.42 Å². The Labute approximate surface area is 103 Å². The average molecular weight is 256 g/mol. The summed E-state index contributed by atoms with van der Waals surface area (Å²) in [7, 11) is -1.36. The van der Waals surface area contributed by atoms with Gasteiger partial charge in [-0.2, -0.15) is 0 Å². The van der Waals surface area contributed by atoms with Gasteiger partial charge in [0, 0.05) is 19.8 Å². The first-order valence-electron chi connectivity index (χ1n) is 5.53. The molecule has 0 unspecified atom stereocenters. The maximum Gasteiger partial charge on any atom is 0.177 e. The molecule has 0 aliphatic rings. The minimum atomic E-state index is -3.27. The lowest BCUT2D eigenvalue weighted by Crippen LogP contribution is -2.24. The van der Waals surface area contributed by atoms with Gasteiger partial charge in [0.2, 0.25) is 0 Å². The number of benzene rings is 1. The second-order valence-electron chi connectivity index (χ2n) is 4.74. The molecule has 0 atom stereocenters. The standard InChI is InChI=1S/C12H20N2O2S/c1-9(2)8-14(3)10-6-5-7-11(12(10)13)17(4,15)16/h5-7,9H,8,13H2,1-4H3. The number of hydrogen-bond donors (Lipinski definition) is 1. The maximum atomic E-state index is 11.6. The number of sulfone groups is 1. The Morgan fingerprint density at radius 2 is 1.94 bits per heavy atom. The number of nitrogens with two attached hydrogens (primary N) is 1. The van der Waals surface area contributed by atoms with Crippen molar-refractivity contribution in [1.82, 2.24) is 0 Å². The Bertz CT molecular complexity index is 495. The van der Waals surface area contributed by atoms with Crippen molar-refractivity contribution in [3.05, 3.63) is 18.2 Å². The Balaban J connectivity index is 3.20. The van der Waals surface area contributed by atoms with Crippen molar-refractivity contribution in [2.75, 3.05) is 30.5 Å². The topological polar surface area (TPSA) is 63.4 Å². The normalized spacial score (nSPS) is 11.8. The van der Waals surface area contributed by atoms with E-state index >= 15 is 0 Å². The van der Waals surface area contributed by atoms with E-state index in [1.807, 2.05) is 18.0 Å². The molecule has 1 aromatic carbocycles. The lowest BCUT2D eigenvalue weighted by Gasteiger charge is -2.23. The van der Waals surface area contributed by atoms with Gasteiger partial charge in [0.25, 0.3) is 0 Å². The van der Waals surface area contributed by atoms with Gasteiger partial charge in [0.1, 0.15) is 0 Å². The van der Waals surface area contributed by atoms with E-state index < -0.39 is 9.84 Å². The molecule has 0 aliphatic heterocycles. The second-order valence-corrected chi connectivity index (χ2v) is 6.72. The molecule has 0 bridgehead atoms. The van der Waals surface area contributed by atoms with Crippen LogP contribution in [0, 0.1) is 5.92 Å². The van der Waals surface area contributed by atoms with E-state index in [1.165, 1.54) is 12.3 Å². The molecule has 0 amide bonds. The molecule has 0 aliphatic carbocycles. The van der Waals surface area contributed by atoms with E-state index in [-0.39, 0.29) is 4.90 Å². The van der Waals surface area contributed by atoms with Crippen molar-refractivity contribution >= 4 is 21.2 Å². The summed E-state index contributed by atoms with van der Waals surface area (Å²) in [4.78, 5) is 2.18. The van der Waals surface area contributed by atoms with Gasteiger partial charge in [-0.25, -0.2) is 8.42 Å². The molecule has 4 nitrogen and oxygen atoms in total. The molecule has 1 aromatic rings. The average Bonchev–Trinajstić information content (AvgIpc) is 2.14. The number of para-hydroxylation sites is 1. The van der Waals surface area contributed by atoms with Gasteiger partial charge in [-0.05, 0) is 18.1 Å². The van der Waals surface area contributed by atoms with Gasteiger partial charge in [0.15, 0.2) is 9.84 Å². The fourth-order valence-electron chi connectivity index (χ4n) is 1.83. The predicted octanol–water partition coefficient (Wildman–Crippen LogP) is 1.76. The molecule has 0 saturated carbocycles. The summed E-state index contributed by atoms with van der Waals surface area (Å²) >= 11 is 0. The molecule has 96 valence electrons. The van der Waals surface area contributed by atoms with Gasteiger partial charge in [-0.3, -0.25) is 0 Å². The van der Waals surface area contributed by atoms with Gasteiger partial charge < -0.3 is 10.6 Å². The molecule has 0 radical (unpaired) electrons. The summed E-state index contributed by atoms with van der Waals surface area (Å²) < 4.78 is 23.1. The Hall–Kier alpha value is -1.23. The summed E-state index contributed by atoms with van der Waals surface area (Å²) in [5, 5.41) is 0. The third-order valence-corrected chi connectivity index (χ3v) is 3.65. The van der Waals surface area contributed by atoms with Crippen LogP contribution in [0.3, 0.4) is 0 Å². The zero-order valence-electron chi connectivity index (χ0n) is 10.8. The van der Waals surface area contributed by atoms with Crippen LogP contribution in [0.15, 0.2) is 23.1 Å². The van der Waals surface area contributed by atoms with E-state index in [4.69, 9.17) is 5.73 Å². The third-order valence-electron chi connectivity index (χ3n) is 2.49. The Morgan fingerprint density at radius 1 is 1.35 bits per heavy atom. The van der Waals surface area contributed by atoms with Crippen LogP contribution in [-0.2, 0) is 9.84 Å². The highest BCUT2D eigenvalue weighted by Crippen LogP contribution is 2.29.